The fraction of sp³-hybridized carbons (Fsp3) is 0.211. The van der Waals surface area contributed by atoms with Crippen molar-refractivity contribution in [1.82, 2.24) is 5.43 Å². The average Bonchev–Trinajstić information content (AvgIpc) is 2.63. The molecule has 0 aromatic heterocycles. The van der Waals surface area contributed by atoms with Crippen LogP contribution in [0.15, 0.2) is 41.5 Å². The Morgan fingerprint density at radius 2 is 1.77 bits per heavy atom. The number of carbonyl (C=O) groups excluding carboxylic acids is 2. The van der Waals surface area contributed by atoms with Crippen LogP contribution in [0.5, 0.6) is 11.5 Å². The van der Waals surface area contributed by atoms with Crippen LogP contribution in [0, 0.1) is 13.8 Å². The second kappa shape index (κ2) is 8.66. The lowest BCUT2D eigenvalue weighted by atomic mass is 10.1. The molecule has 2 amide bonds. The molecule has 2 rings (SSSR count). The van der Waals surface area contributed by atoms with Crippen LogP contribution < -0.4 is 20.2 Å². The summed E-state index contributed by atoms with van der Waals surface area (Å²) in [5, 5.41) is 6.36. The fourth-order valence-corrected chi connectivity index (χ4v) is 2.28. The van der Waals surface area contributed by atoms with Crippen LogP contribution in [-0.4, -0.2) is 32.2 Å². The average molecular weight is 355 g/mol. The standard InChI is InChI=1S/C19H21N3O4/c1-12-5-7-16(13(2)9-12)21-18(23)19(24)22-20-11-14-10-15(25-3)6-8-17(14)26-4/h5-11H,1-4H3,(H,21,23)(H,22,24)/b20-11-. The van der Waals surface area contributed by atoms with E-state index in [2.05, 4.69) is 15.8 Å². The molecule has 2 aromatic carbocycles. The molecular weight excluding hydrogens is 334 g/mol. The summed E-state index contributed by atoms with van der Waals surface area (Å²) in [5.74, 6) is -0.496. The number of carbonyl (C=O) groups is 2. The van der Waals surface area contributed by atoms with Gasteiger partial charge in [0.2, 0.25) is 0 Å². The van der Waals surface area contributed by atoms with Gasteiger partial charge in [0.25, 0.3) is 0 Å². The molecule has 0 saturated heterocycles. The van der Waals surface area contributed by atoms with E-state index in [9.17, 15) is 9.59 Å². The van der Waals surface area contributed by atoms with Crippen molar-refractivity contribution in [3.05, 3.63) is 53.1 Å². The van der Waals surface area contributed by atoms with Gasteiger partial charge in [0.05, 0.1) is 20.4 Å². The number of hydrogen-bond acceptors (Lipinski definition) is 5. The molecule has 26 heavy (non-hydrogen) atoms. The highest BCUT2D eigenvalue weighted by molar-refractivity contribution is 6.39. The highest BCUT2D eigenvalue weighted by atomic mass is 16.5. The summed E-state index contributed by atoms with van der Waals surface area (Å²) in [5.41, 5.74) is 5.31. The van der Waals surface area contributed by atoms with E-state index >= 15 is 0 Å². The Bertz CT molecular complexity index is 847. The van der Waals surface area contributed by atoms with Crippen molar-refractivity contribution in [2.24, 2.45) is 5.10 Å². The molecule has 0 atom stereocenters. The van der Waals surface area contributed by atoms with Crippen LogP contribution in [0.4, 0.5) is 5.69 Å². The topological polar surface area (TPSA) is 89.0 Å². The molecule has 0 unspecified atom stereocenters. The molecule has 0 fully saturated rings. The number of methoxy groups -OCH3 is 2. The zero-order valence-electron chi connectivity index (χ0n) is 15.1. The molecule has 7 nitrogen and oxygen atoms in total. The maximum Gasteiger partial charge on any atom is 0.329 e. The minimum atomic E-state index is -0.872. The molecule has 2 N–H and O–H groups in total. The maximum absolute atomic E-state index is 12.0. The van der Waals surface area contributed by atoms with E-state index in [-0.39, 0.29) is 0 Å². The molecule has 0 bridgehead atoms. The van der Waals surface area contributed by atoms with Crippen molar-refractivity contribution < 1.29 is 19.1 Å². The van der Waals surface area contributed by atoms with E-state index in [0.29, 0.717) is 22.7 Å². The minimum absolute atomic E-state index is 0.559. The number of hydrogen-bond donors (Lipinski definition) is 2. The summed E-state index contributed by atoms with van der Waals surface area (Å²) in [6.45, 7) is 3.81. The number of ether oxygens (including phenoxy) is 2. The SMILES string of the molecule is COc1ccc(OC)c(/C=N\NC(=O)C(=O)Nc2ccc(C)cc2C)c1. The molecule has 0 spiro atoms. The molecule has 0 aliphatic rings. The Morgan fingerprint density at radius 3 is 2.42 bits per heavy atom. The van der Waals surface area contributed by atoms with Gasteiger partial charge >= 0.3 is 11.8 Å². The van der Waals surface area contributed by atoms with E-state index in [1.54, 1.807) is 31.4 Å². The van der Waals surface area contributed by atoms with Gasteiger partial charge in [0.1, 0.15) is 11.5 Å². The monoisotopic (exact) mass is 355 g/mol. The summed E-state index contributed by atoms with van der Waals surface area (Å²) in [6.07, 6.45) is 1.38. The third kappa shape index (κ3) is 4.83. The van der Waals surface area contributed by atoms with Gasteiger partial charge < -0.3 is 14.8 Å². The van der Waals surface area contributed by atoms with Gasteiger partial charge in [-0.2, -0.15) is 5.10 Å². The van der Waals surface area contributed by atoms with Crippen LogP contribution in [0.2, 0.25) is 0 Å². The largest absolute Gasteiger partial charge is 0.497 e. The number of benzene rings is 2. The van der Waals surface area contributed by atoms with Gasteiger partial charge in [0, 0.05) is 11.3 Å². The second-order valence-corrected chi connectivity index (χ2v) is 5.58. The quantitative estimate of drug-likeness (QED) is 0.490. The van der Waals surface area contributed by atoms with E-state index in [1.807, 2.05) is 26.0 Å². The fourth-order valence-electron chi connectivity index (χ4n) is 2.28. The van der Waals surface area contributed by atoms with Gasteiger partial charge in [-0.15, -0.1) is 0 Å². The number of amides is 2. The summed E-state index contributed by atoms with van der Waals surface area (Å²) < 4.78 is 10.4. The van der Waals surface area contributed by atoms with Gasteiger partial charge in [-0.3, -0.25) is 9.59 Å². The summed E-state index contributed by atoms with van der Waals surface area (Å²) in [7, 11) is 3.07. The molecule has 7 heteroatoms. The minimum Gasteiger partial charge on any atom is -0.497 e. The first kappa shape index (κ1) is 19.0. The van der Waals surface area contributed by atoms with Crippen molar-refractivity contribution in [2.75, 3.05) is 19.5 Å². The van der Waals surface area contributed by atoms with Crippen LogP contribution in [0.25, 0.3) is 0 Å². The smallest absolute Gasteiger partial charge is 0.329 e. The number of hydrazone groups is 1. The summed E-state index contributed by atoms with van der Waals surface area (Å²) >= 11 is 0. The van der Waals surface area contributed by atoms with Crippen molar-refractivity contribution in [3.63, 3.8) is 0 Å². The zero-order valence-corrected chi connectivity index (χ0v) is 15.1. The maximum atomic E-state index is 12.0. The number of aryl methyl sites for hydroxylation is 2. The molecule has 0 aliphatic heterocycles. The third-order valence-corrected chi connectivity index (χ3v) is 3.64. The predicted octanol–water partition coefficient (Wildman–Crippen LogP) is 2.41. The molecule has 0 aliphatic carbocycles. The first-order valence-corrected chi connectivity index (χ1v) is 7.88. The van der Waals surface area contributed by atoms with Gasteiger partial charge in [-0.1, -0.05) is 17.7 Å². The van der Waals surface area contributed by atoms with Gasteiger partial charge in [0.15, 0.2) is 0 Å². The van der Waals surface area contributed by atoms with Gasteiger partial charge in [-0.05, 0) is 43.7 Å². The van der Waals surface area contributed by atoms with Crippen LogP contribution in [0.1, 0.15) is 16.7 Å². The molecule has 0 radical (unpaired) electrons. The van der Waals surface area contributed by atoms with Crippen molar-refractivity contribution in [2.45, 2.75) is 13.8 Å². The first-order valence-electron chi connectivity index (χ1n) is 7.88. The third-order valence-electron chi connectivity index (χ3n) is 3.64. The first-order chi connectivity index (χ1) is 12.4. The normalized spacial score (nSPS) is 10.5. The predicted molar refractivity (Wildman–Crippen MR) is 99.8 cm³/mol. The number of rotatable bonds is 5. The number of nitrogens with zero attached hydrogens (tertiary/aromatic N) is 1. The lowest BCUT2D eigenvalue weighted by Gasteiger charge is -2.08. The van der Waals surface area contributed by atoms with E-state index in [0.717, 1.165) is 11.1 Å². The van der Waals surface area contributed by atoms with Crippen LogP contribution >= 0.6 is 0 Å². The number of anilines is 1. The van der Waals surface area contributed by atoms with E-state index in [4.69, 9.17) is 9.47 Å². The summed E-state index contributed by atoms with van der Waals surface area (Å²) in [6, 6.07) is 10.7. The number of nitrogens with one attached hydrogen (secondary N) is 2. The molecule has 2 aromatic rings. The second-order valence-electron chi connectivity index (χ2n) is 5.58. The van der Waals surface area contributed by atoms with Crippen molar-refractivity contribution in [1.29, 1.82) is 0 Å². The molecule has 0 saturated carbocycles. The molecule has 0 heterocycles. The van der Waals surface area contributed by atoms with E-state index in [1.165, 1.54) is 13.3 Å². The van der Waals surface area contributed by atoms with Crippen molar-refractivity contribution in [3.8, 4) is 11.5 Å². The highest BCUT2D eigenvalue weighted by Gasteiger charge is 2.14. The molecule has 136 valence electrons. The Balaban J connectivity index is 2.01. The Hall–Kier alpha value is -3.35. The van der Waals surface area contributed by atoms with E-state index < -0.39 is 11.8 Å². The Kier molecular flexibility index (Phi) is 6.32. The Morgan fingerprint density at radius 1 is 1.00 bits per heavy atom. The zero-order chi connectivity index (χ0) is 19.1. The van der Waals surface area contributed by atoms with Crippen molar-refractivity contribution >= 4 is 23.7 Å². The highest BCUT2D eigenvalue weighted by Crippen LogP contribution is 2.22. The lowest BCUT2D eigenvalue weighted by molar-refractivity contribution is -0.136. The van der Waals surface area contributed by atoms with Crippen LogP contribution in [0.3, 0.4) is 0 Å². The van der Waals surface area contributed by atoms with Crippen LogP contribution in [-0.2, 0) is 9.59 Å². The lowest BCUT2D eigenvalue weighted by Crippen LogP contribution is -2.32. The summed E-state index contributed by atoms with van der Waals surface area (Å²) in [4.78, 5) is 23.9. The molecular formula is C19H21N3O4. The van der Waals surface area contributed by atoms with Gasteiger partial charge in [-0.25, -0.2) is 5.43 Å². The Labute approximate surface area is 152 Å².